The fourth-order valence-corrected chi connectivity index (χ4v) is 4.44. The number of carbonyl (C=O) groups is 1. The topological polar surface area (TPSA) is 41.1 Å². The molecule has 0 aliphatic heterocycles. The quantitative estimate of drug-likeness (QED) is 0.337. The fraction of sp³-hybridized carbons (Fsp3) is 0.870. The van der Waals surface area contributed by atoms with Crippen LogP contribution in [0.2, 0.25) is 0 Å². The maximum absolute atomic E-state index is 11.2. The summed E-state index contributed by atoms with van der Waals surface area (Å²) in [6, 6.07) is 0. The maximum Gasteiger partial charge on any atom is 0.120 e. The molecule has 26 heavy (non-hydrogen) atoms. The molecule has 0 bridgehead atoms. The van der Waals surface area contributed by atoms with Crippen molar-refractivity contribution in [3.8, 4) is 0 Å². The van der Waals surface area contributed by atoms with Crippen LogP contribution in [0.4, 0.5) is 0 Å². The van der Waals surface area contributed by atoms with Gasteiger partial charge in [-0.3, -0.25) is 0 Å². The smallest absolute Gasteiger partial charge is 0.120 e. The summed E-state index contributed by atoms with van der Waals surface area (Å²) in [4.78, 5) is 11.2. The second-order valence-electron chi connectivity index (χ2n) is 9.64. The van der Waals surface area contributed by atoms with Gasteiger partial charge in [0, 0.05) is 18.7 Å². The second-order valence-corrected chi connectivity index (χ2v) is 9.64. The van der Waals surface area contributed by atoms with E-state index in [9.17, 15) is 4.79 Å². The lowest BCUT2D eigenvalue weighted by Crippen LogP contribution is -2.36. The van der Waals surface area contributed by atoms with E-state index in [1.165, 1.54) is 44.2 Å². The molecule has 0 aromatic rings. The molecule has 0 saturated heterocycles. The average molecular weight is 365 g/mol. The van der Waals surface area contributed by atoms with Crippen LogP contribution >= 0.6 is 0 Å². The maximum atomic E-state index is 11.2. The van der Waals surface area contributed by atoms with Crippen molar-refractivity contribution in [2.45, 2.75) is 92.4 Å². The third-order valence-electron chi connectivity index (χ3n) is 6.14. The van der Waals surface area contributed by atoms with E-state index in [0.29, 0.717) is 6.42 Å². The summed E-state index contributed by atoms with van der Waals surface area (Å²) in [7, 11) is 0. The summed E-state index contributed by atoms with van der Waals surface area (Å²) in [5.41, 5.74) is 1.43. The van der Waals surface area contributed by atoms with E-state index in [4.69, 9.17) is 0 Å². The highest BCUT2D eigenvalue weighted by molar-refractivity contribution is 5.50. The van der Waals surface area contributed by atoms with Crippen molar-refractivity contribution in [3.05, 3.63) is 11.8 Å². The van der Waals surface area contributed by atoms with Crippen molar-refractivity contribution in [1.82, 2.24) is 10.6 Å². The first-order chi connectivity index (χ1) is 12.3. The molecule has 0 amide bonds. The average Bonchev–Trinajstić information content (AvgIpc) is 2.60. The zero-order valence-electron chi connectivity index (χ0n) is 18.1. The Labute approximate surface area is 162 Å². The largest absolute Gasteiger partial charge is 0.388 e. The van der Waals surface area contributed by atoms with Gasteiger partial charge in [0.25, 0.3) is 0 Å². The van der Waals surface area contributed by atoms with Gasteiger partial charge in [-0.1, -0.05) is 59.0 Å². The first kappa shape index (κ1) is 23.2. The lowest BCUT2D eigenvalue weighted by atomic mass is 9.71. The molecule has 0 spiro atoms. The van der Waals surface area contributed by atoms with Crippen LogP contribution in [0.25, 0.3) is 0 Å². The van der Waals surface area contributed by atoms with Gasteiger partial charge < -0.3 is 15.4 Å². The Balaban J connectivity index is 2.34. The molecule has 0 radical (unpaired) electrons. The monoisotopic (exact) mass is 364 g/mol. The predicted octanol–water partition coefficient (Wildman–Crippen LogP) is 5.46. The summed E-state index contributed by atoms with van der Waals surface area (Å²) >= 11 is 0. The lowest BCUT2D eigenvalue weighted by molar-refractivity contribution is -0.110. The van der Waals surface area contributed by atoms with Gasteiger partial charge >= 0.3 is 0 Å². The van der Waals surface area contributed by atoms with E-state index in [1.54, 1.807) is 0 Å². The molecule has 1 saturated carbocycles. The first-order valence-electron chi connectivity index (χ1n) is 10.8. The van der Waals surface area contributed by atoms with Crippen LogP contribution in [0.1, 0.15) is 92.4 Å². The van der Waals surface area contributed by atoms with E-state index in [1.807, 2.05) is 6.92 Å². The Morgan fingerprint density at radius 3 is 2.42 bits per heavy atom. The molecule has 3 heteroatoms. The Kier molecular flexibility index (Phi) is 10.5. The van der Waals surface area contributed by atoms with E-state index in [0.717, 1.165) is 44.7 Å². The van der Waals surface area contributed by atoms with Crippen LogP contribution in [0, 0.1) is 16.7 Å². The van der Waals surface area contributed by atoms with Crippen molar-refractivity contribution in [2.24, 2.45) is 16.7 Å². The molecule has 1 aliphatic rings. The van der Waals surface area contributed by atoms with Crippen molar-refractivity contribution in [3.63, 3.8) is 0 Å². The number of nitrogens with one attached hydrogen (secondary N) is 2. The van der Waals surface area contributed by atoms with Gasteiger partial charge in [-0.05, 0) is 62.9 Å². The fourth-order valence-electron chi connectivity index (χ4n) is 4.44. The molecule has 0 heterocycles. The van der Waals surface area contributed by atoms with Crippen molar-refractivity contribution in [2.75, 3.05) is 19.6 Å². The highest BCUT2D eigenvalue weighted by Gasteiger charge is 2.32. The number of hydrogen-bond acceptors (Lipinski definition) is 3. The van der Waals surface area contributed by atoms with Crippen molar-refractivity contribution in [1.29, 1.82) is 0 Å². The van der Waals surface area contributed by atoms with Crippen LogP contribution in [-0.2, 0) is 4.79 Å². The normalized spacial score (nSPS) is 19.2. The van der Waals surface area contributed by atoms with Gasteiger partial charge in [-0.2, -0.15) is 0 Å². The van der Waals surface area contributed by atoms with Crippen LogP contribution < -0.4 is 10.6 Å². The zero-order valence-corrected chi connectivity index (χ0v) is 18.1. The number of carbonyl (C=O) groups excluding carboxylic acids is 1. The number of aldehydes is 1. The minimum absolute atomic E-state index is 0.0115. The van der Waals surface area contributed by atoms with Gasteiger partial charge in [0.1, 0.15) is 6.29 Å². The summed E-state index contributed by atoms with van der Waals surface area (Å²) in [5.74, 6) is 0.959. The molecule has 0 aromatic heterocycles. The van der Waals surface area contributed by atoms with E-state index in [2.05, 4.69) is 44.4 Å². The van der Waals surface area contributed by atoms with Gasteiger partial charge in [0.2, 0.25) is 0 Å². The molecule has 1 unspecified atom stereocenters. The SMILES string of the molecule is CC=C(C)NCC(C)(CC=O)CC(C)(C)CCNCCC1CCCCC1. The van der Waals surface area contributed by atoms with Crippen LogP contribution in [0.15, 0.2) is 11.8 Å². The van der Waals surface area contributed by atoms with Gasteiger partial charge in [0.15, 0.2) is 0 Å². The van der Waals surface area contributed by atoms with Gasteiger partial charge in [-0.25, -0.2) is 0 Å². The standard InChI is InChI=1S/C23H44N2O/c1-6-20(2)25-19-23(5,14-17-26)18-22(3,4)13-16-24-15-12-21-10-8-7-9-11-21/h6,17,21,24-25H,7-16,18-19H2,1-5H3. The Bertz CT molecular complexity index is 424. The summed E-state index contributed by atoms with van der Waals surface area (Å²) < 4.78 is 0. The molecule has 2 N–H and O–H groups in total. The number of rotatable bonds is 13. The summed E-state index contributed by atoms with van der Waals surface area (Å²) in [6.45, 7) is 14.2. The Hall–Kier alpha value is -0.830. The van der Waals surface area contributed by atoms with Crippen LogP contribution in [0.5, 0.6) is 0 Å². The highest BCUT2D eigenvalue weighted by Crippen LogP contribution is 2.38. The first-order valence-corrected chi connectivity index (χ1v) is 10.8. The predicted molar refractivity (Wildman–Crippen MR) is 113 cm³/mol. The molecule has 1 fully saturated rings. The Morgan fingerprint density at radius 1 is 1.12 bits per heavy atom. The summed E-state index contributed by atoms with van der Waals surface area (Å²) in [6.07, 6.45) is 14.6. The molecule has 1 atom stereocenters. The second kappa shape index (κ2) is 11.8. The molecular formula is C23H44N2O. The van der Waals surface area contributed by atoms with Crippen LogP contribution in [-0.4, -0.2) is 25.9 Å². The molecule has 1 rings (SSSR count). The molecule has 152 valence electrons. The molecule has 1 aliphatic carbocycles. The van der Waals surface area contributed by atoms with E-state index < -0.39 is 0 Å². The Morgan fingerprint density at radius 2 is 1.81 bits per heavy atom. The number of hydrogen-bond donors (Lipinski definition) is 2. The third-order valence-corrected chi connectivity index (χ3v) is 6.14. The lowest BCUT2D eigenvalue weighted by Gasteiger charge is -2.37. The highest BCUT2D eigenvalue weighted by atomic mass is 16.1. The van der Waals surface area contributed by atoms with Gasteiger partial charge in [-0.15, -0.1) is 0 Å². The minimum Gasteiger partial charge on any atom is -0.388 e. The molecular weight excluding hydrogens is 320 g/mol. The zero-order chi connectivity index (χ0) is 19.5. The van der Waals surface area contributed by atoms with E-state index >= 15 is 0 Å². The van der Waals surface area contributed by atoms with Crippen molar-refractivity contribution < 1.29 is 4.79 Å². The molecule has 0 aromatic carbocycles. The van der Waals surface area contributed by atoms with E-state index in [-0.39, 0.29) is 10.8 Å². The summed E-state index contributed by atoms with van der Waals surface area (Å²) in [5, 5.41) is 7.15. The van der Waals surface area contributed by atoms with Gasteiger partial charge in [0.05, 0.1) is 0 Å². The molecule has 3 nitrogen and oxygen atoms in total. The minimum atomic E-state index is 0.0115. The number of allylic oxidation sites excluding steroid dienone is 2. The van der Waals surface area contributed by atoms with Crippen molar-refractivity contribution >= 4 is 6.29 Å². The van der Waals surface area contributed by atoms with Crippen LogP contribution in [0.3, 0.4) is 0 Å². The third kappa shape index (κ3) is 9.75.